The first-order chi connectivity index (χ1) is 11.2. The van der Waals surface area contributed by atoms with Crippen LogP contribution < -0.4 is 5.32 Å². The molecule has 0 aromatic carbocycles. The van der Waals surface area contributed by atoms with Gasteiger partial charge in [0.1, 0.15) is 0 Å². The number of rotatable bonds is 7. The first-order valence-electron chi connectivity index (χ1n) is 7.88. The van der Waals surface area contributed by atoms with Crippen LogP contribution in [0.3, 0.4) is 0 Å². The van der Waals surface area contributed by atoms with E-state index in [9.17, 15) is 0 Å². The molecule has 3 aromatic heterocycles. The molecule has 23 heavy (non-hydrogen) atoms. The smallest absolute Gasteiger partial charge is 0.0710 e. The minimum Gasteiger partial charge on any atom is -0.312 e. The third kappa shape index (κ3) is 3.84. The number of hydrogen-bond acceptors (Lipinski definition) is 4. The van der Waals surface area contributed by atoms with Gasteiger partial charge in [-0.2, -0.15) is 10.2 Å². The zero-order valence-electron chi connectivity index (χ0n) is 13.6. The molecule has 0 fully saturated rings. The highest BCUT2D eigenvalue weighted by molar-refractivity contribution is 5.61. The maximum atomic E-state index is 4.48. The van der Waals surface area contributed by atoms with E-state index in [-0.39, 0.29) is 0 Å². The van der Waals surface area contributed by atoms with Crippen molar-refractivity contribution < 1.29 is 0 Å². The second-order valence-electron chi connectivity index (χ2n) is 5.69. The Morgan fingerprint density at radius 2 is 2.17 bits per heavy atom. The number of nitrogens with zero attached hydrogens (tertiary/aromatic N) is 4. The first kappa shape index (κ1) is 15.4. The molecule has 0 amide bonds. The first-order valence-corrected chi connectivity index (χ1v) is 7.88. The van der Waals surface area contributed by atoms with Gasteiger partial charge in [-0.3, -0.25) is 14.8 Å². The average Bonchev–Trinajstić information content (AvgIpc) is 3.14. The van der Waals surface area contributed by atoms with Crippen molar-refractivity contribution in [3.05, 3.63) is 53.7 Å². The summed E-state index contributed by atoms with van der Waals surface area (Å²) in [4.78, 5) is 4.16. The lowest BCUT2D eigenvalue weighted by Gasteiger charge is -2.07. The molecule has 2 N–H and O–H groups in total. The predicted octanol–water partition coefficient (Wildman–Crippen LogP) is 2.46. The maximum Gasteiger partial charge on any atom is 0.0710 e. The van der Waals surface area contributed by atoms with Gasteiger partial charge in [-0.1, -0.05) is 0 Å². The SMILES string of the molecule is Cc1cc(C)n(CCCNCc2cn[nH]c2-c2cccnc2)n1. The maximum absolute atomic E-state index is 4.48. The van der Waals surface area contributed by atoms with E-state index < -0.39 is 0 Å². The molecule has 3 heterocycles. The molecule has 0 saturated heterocycles. The molecule has 0 radical (unpaired) electrons. The monoisotopic (exact) mass is 310 g/mol. The van der Waals surface area contributed by atoms with Crippen molar-refractivity contribution in [2.24, 2.45) is 0 Å². The third-order valence-electron chi connectivity index (χ3n) is 3.81. The highest BCUT2D eigenvalue weighted by atomic mass is 15.3. The summed E-state index contributed by atoms with van der Waals surface area (Å²) >= 11 is 0. The molecule has 0 atom stereocenters. The Hall–Kier alpha value is -2.47. The van der Waals surface area contributed by atoms with E-state index in [4.69, 9.17) is 0 Å². The van der Waals surface area contributed by atoms with Crippen molar-refractivity contribution in [3.63, 3.8) is 0 Å². The lowest BCUT2D eigenvalue weighted by atomic mass is 10.1. The van der Waals surface area contributed by atoms with E-state index in [1.165, 1.54) is 5.69 Å². The number of nitrogens with one attached hydrogen (secondary N) is 2. The zero-order chi connectivity index (χ0) is 16.1. The van der Waals surface area contributed by atoms with Gasteiger partial charge >= 0.3 is 0 Å². The molecule has 0 spiro atoms. The van der Waals surface area contributed by atoms with Crippen molar-refractivity contribution >= 4 is 0 Å². The normalized spacial score (nSPS) is 11.0. The Labute approximate surface area is 136 Å². The summed E-state index contributed by atoms with van der Waals surface area (Å²) in [5.74, 6) is 0. The van der Waals surface area contributed by atoms with Gasteiger partial charge in [-0.15, -0.1) is 0 Å². The summed E-state index contributed by atoms with van der Waals surface area (Å²) in [5, 5.41) is 15.2. The number of aromatic amines is 1. The van der Waals surface area contributed by atoms with Gasteiger partial charge in [0.25, 0.3) is 0 Å². The number of aromatic nitrogens is 5. The van der Waals surface area contributed by atoms with Gasteiger partial charge in [-0.05, 0) is 45.0 Å². The molecular weight excluding hydrogens is 288 g/mol. The molecule has 120 valence electrons. The van der Waals surface area contributed by atoms with Crippen LogP contribution in [0, 0.1) is 13.8 Å². The van der Waals surface area contributed by atoms with Crippen LogP contribution in [0.2, 0.25) is 0 Å². The molecule has 6 nitrogen and oxygen atoms in total. The summed E-state index contributed by atoms with van der Waals surface area (Å²) in [6.07, 6.45) is 6.54. The van der Waals surface area contributed by atoms with Gasteiger partial charge in [0.05, 0.1) is 17.6 Å². The largest absolute Gasteiger partial charge is 0.312 e. The molecule has 0 aliphatic rings. The van der Waals surface area contributed by atoms with Crippen LogP contribution in [0.15, 0.2) is 36.8 Å². The van der Waals surface area contributed by atoms with Crippen molar-refractivity contribution in [2.75, 3.05) is 6.54 Å². The fourth-order valence-electron chi connectivity index (χ4n) is 2.68. The Balaban J connectivity index is 1.48. The van der Waals surface area contributed by atoms with E-state index in [0.29, 0.717) is 0 Å². The van der Waals surface area contributed by atoms with Crippen LogP contribution in [0.25, 0.3) is 11.3 Å². The van der Waals surface area contributed by atoms with E-state index in [2.05, 4.69) is 43.3 Å². The Morgan fingerprint density at radius 1 is 1.26 bits per heavy atom. The zero-order valence-corrected chi connectivity index (χ0v) is 13.6. The lowest BCUT2D eigenvalue weighted by Crippen LogP contribution is -2.17. The van der Waals surface area contributed by atoms with Crippen molar-refractivity contribution in [1.29, 1.82) is 0 Å². The summed E-state index contributed by atoms with van der Waals surface area (Å²) in [5.41, 5.74) is 5.55. The van der Waals surface area contributed by atoms with E-state index in [1.807, 2.05) is 31.5 Å². The Kier molecular flexibility index (Phi) is 4.83. The highest BCUT2D eigenvalue weighted by Crippen LogP contribution is 2.19. The number of hydrogen-bond donors (Lipinski definition) is 2. The second-order valence-corrected chi connectivity index (χ2v) is 5.69. The van der Waals surface area contributed by atoms with Crippen molar-refractivity contribution in [3.8, 4) is 11.3 Å². The van der Waals surface area contributed by atoms with Gasteiger partial charge in [0.15, 0.2) is 0 Å². The number of aryl methyl sites for hydroxylation is 3. The predicted molar refractivity (Wildman–Crippen MR) is 89.8 cm³/mol. The van der Waals surface area contributed by atoms with E-state index in [1.54, 1.807) is 6.20 Å². The molecule has 6 heteroatoms. The fourth-order valence-corrected chi connectivity index (χ4v) is 2.68. The van der Waals surface area contributed by atoms with E-state index >= 15 is 0 Å². The fraction of sp³-hybridized carbons (Fsp3) is 0.353. The minimum atomic E-state index is 0.790. The molecule has 0 unspecified atom stereocenters. The highest BCUT2D eigenvalue weighted by Gasteiger charge is 2.07. The summed E-state index contributed by atoms with van der Waals surface area (Å²) in [7, 11) is 0. The molecule has 3 aromatic rings. The van der Waals surface area contributed by atoms with Crippen LogP contribution in [-0.4, -0.2) is 31.5 Å². The van der Waals surface area contributed by atoms with Crippen LogP contribution in [0.5, 0.6) is 0 Å². The van der Waals surface area contributed by atoms with Gasteiger partial charge < -0.3 is 5.32 Å². The second kappa shape index (κ2) is 7.19. The van der Waals surface area contributed by atoms with Gasteiger partial charge in [0, 0.05) is 42.3 Å². The molecule has 3 rings (SSSR count). The minimum absolute atomic E-state index is 0.790. The number of H-pyrrole nitrogens is 1. The molecule has 0 bridgehead atoms. The molecule has 0 aliphatic carbocycles. The van der Waals surface area contributed by atoms with Crippen LogP contribution in [0.4, 0.5) is 0 Å². The summed E-state index contributed by atoms with van der Waals surface area (Å²) in [6.45, 7) is 6.79. The van der Waals surface area contributed by atoms with Crippen LogP contribution in [0.1, 0.15) is 23.4 Å². The van der Waals surface area contributed by atoms with Crippen molar-refractivity contribution in [2.45, 2.75) is 33.4 Å². The van der Waals surface area contributed by atoms with Crippen LogP contribution in [-0.2, 0) is 13.1 Å². The van der Waals surface area contributed by atoms with Crippen molar-refractivity contribution in [1.82, 2.24) is 30.3 Å². The Morgan fingerprint density at radius 3 is 2.91 bits per heavy atom. The van der Waals surface area contributed by atoms with Gasteiger partial charge in [0.2, 0.25) is 0 Å². The molecule has 0 aliphatic heterocycles. The summed E-state index contributed by atoms with van der Waals surface area (Å²) in [6, 6.07) is 6.08. The standard InChI is InChI=1S/C17H22N6/c1-13-9-14(2)23(22-13)8-4-7-19-11-16-12-20-21-17(16)15-5-3-6-18-10-15/h3,5-6,9-10,12,19H,4,7-8,11H2,1-2H3,(H,20,21). The van der Waals surface area contributed by atoms with Crippen LogP contribution >= 0.6 is 0 Å². The van der Waals surface area contributed by atoms with E-state index in [0.717, 1.165) is 48.6 Å². The lowest BCUT2D eigenvalue weighted by molar-refractivity contribution is 0.532. The topological polar surface area (TPSA) is 71.4 Å². The average molecular weight is 310 g/mol. The third-order valence-corrected chi connectivity index (χ3v) is 3.81. The molecule has 0 saturated carbocycles. The quantitative estimate of drug-likeness (QED) is 0.658. The Bertz CT molecular complexity index is 744. The summed E-state index contributed by atoms with van der Waals surface area (Å²) < 4.78 is 2.07. The number of pyridine rings is 1. The molecular formula is C17H22N6. The van der Waals surface area contributed by atoms with Gasteiger partial charge in [-0.25, -0.2) is 0 Å².